The maximum atomic E-state index is 10.8. The Balaban J connectivity index is 1.60. The van der Waals surface area contributed by atoms with E-state index in [9.17, 15) is 10.2 Å². The van der Waals surface area contributed by atoms with Crippen LogP contribution in [0.3, 0.4) is 0 Å². The molecule has 0 aromatic rings. The predicted molar refractivity (Wildman–Crippen MR) is 93.0 cm³/mol. The molecule has 2 nitrogen and oxygen atoms in total. The van der Waals surface area contributed by atoms with Crippen LogP contribution in [0.25, 0.3) is 0 Å². The molecule has 0 unspecified atom stereocenters. The number of aliphatic hydroxyl groups excluding tert-OH is 1. The fourth-order valence-electron chi connectivity index (χ4n) is 7.62. The summed E-state index contributed by atoms with van der Waals surface area (Å²) in [5.74, 6) is 3.14. The first kappa shape index (κ1) is 16.4. The van der Waals surface area contributed by atoms with Crippen molar-refractivity contribution in [2.45, 2.75) is 96.7 Å². The van der Waals surface area contributed by atoms with Crippen LogP contribution in [0.15, 0.2) is 0 Å². The molecule has 2 heteroatoms. The average molecular weight is 321 g/mol. The van der Waals surface area contributed by atoms with E-state index in [4.69, 9.17) is 0 Å². The first-order chi connectivity index (χ1) is 10.8. The smallest absolute Gasteiger partial charge is 0.0648 e. The molecule has 0 radical (unpaired) electrons. The van der Waals surface area contributed by atoms with E-state index in [2.05, 4.69) is 20.8 Å². The quantitative estimate of drug-likeness (QED) is 0.745. The molecule has 4 rings (SSSR count). The lowest BCUT2D eigenvalue weighted by Gasteiger charge is -2.61. The van der Waals surface area contributed by atoms with E-state index in [-0.39, 0.29) is 17.1 Å². The summed E-state index contributed by atoms with van der Waals surface area (Å²) in [5, 5.41) is 21.4. The molecular formula is C21H36O2. The second-order valence-corrected chi connectivity index (χ2v) is 10.1. The summed E-state index contributed by atoms with van der Waals surface area (Å²) in [5.41, 5.74) is 0.256. The van der Waals surface area contributed by atoms with E-state index in [0.717, 1.165) is 49.4 Å². The van der Waals surface area contributed by atoms with Crippen molar-refractivity contribution in [2.24, 2.45) is 34.5 Å². The monoisotopic (exact) mass is 320 g/mol. The van der Waals surface area contributed by atoms with Crippen molar-refractivity contribution >= 4 is 0 Å². The van der Waals surface area contributed by atoms with Crippen molar-refractivity contribution in [3.8, 4) is 0 Å². The van der Waals surface area contributed by atoms with Crippen LogP contribution in [0, 0.1) is 34.5 Å². The number of aliphatic hydroxyl groups is 2. The lowest BCUT2D eigenvalue weighted by Crippen LogP contribution is -2.56. The second-order valence-electron chi connectivity index (χ2n) is 10.1. The molecule has 4 aliphatic rings. The third kappa shape index (κ3) is 2.20. The number of rotatable bonds is 1. The van der Waals surface area contributed by atoms with Crippen LogP contribution in [0.5, 0.6) is 0 Å². The van der Waals surface area contributed by atoms with Crippen LogP contribution >= 0.6 is 0 Å². The maximum Gasteiger partial charge on any atom is 0.0648 e. The molecule has 23 heavy (non-hydrogen) atoms. The van der Waals surface area contributed by atoms with Crippen molar-refractivity contribution in [1.29, 1.82) is 0 Å². The molecule has 0 saturated heterocycles. The Hall–Kier alpha value is -0.0800. The highest BCUT2D eigenvalue weighted by Gasteiger charge is 2.60. The Morgan fingerprint density at radius 1 is 0.870 bits per heavy atom. The van der Waals surface area contributed by atoms with Gasteiger partial charge in [0.1, 0.15) is 0 Å². The minimum Gasteiger partial charge on any atom is -0.393 e. The minimum atomic E-state index is -0.385. The molecule has 0 heterocycles. The van der Waals surface area contributed by atoms with Crippen LogP contribution < -0.4 is 0 Å². The van der Waals surface area contributed by atoms with E-state index in [1.54, 1.807) is 0 Å². The highest BCUT2D eigenvalue weighted by molar-refractivity contribution is 5.10. The van der Waals surface area contributed by atoms with Gasteiger partial charge in [0.2, 0.25) is 0 Å². The summed E-state index contributed by atoms with van der Waals surface area (Å²) in [6.45, 7) is 7.08. The Labute approximate surface area is 142 Å². The van der Waals surface area contributed by atoms with Crippen molar-refractivity contribution in [3.63, 3.8) is 0 Å². The molecule has 0 aliphatic heterocycles. The molecule has 0 amide bonds. The Bertz CT molecular complexity index is 476. The molecule has 4 fully saturated rings. The standard InChI is InChI=1S/C21H36O2/c1-4-21(23)12-11-19(2)14(13-21)5-6-15-16-7-8-18(22)20(16,3)10-9-17(15)19/h14-18,22-23H,4-13H2,1-3H3/t14-,15-,16-,17-,18-,19-,20-,21+/m0/s1. The van der Waals surface area contributed by atoms with Gasteiger partial charge in [0.05, 0.1) is 11.7 Å². The zero-order valence-corrected chi connectivity index (χ0v) is 15.4. The predicted octanol–water partition coefficient (Wildman–Crippen LogP) is 4.53. The van der Waals surface area contributed by atoms with Gasteiger partial charge in [-0.2, -0.15) is 0 Å². The average Bonchev–Trinajstić information content (AvgIpc) is 2.84. The highest BCUT2D eigenvalue weighted by Crippen LogP contribution is 2.66. The first-order valence-electron chi connectivity index (χ1n) is 10.2. The van der Waals surface area contributed by atoms with Crippen molar-refractivity contribution in [1.82, 2.24) is 0 Å². The molecule has 0 bridgehead atoms. The van der Waals surface area contributed by atoms with Crippen molar-refractivity contribution < 1.29 is 10.2 Å². The molecular weight excluding hydrogens is 284 g/mol. The molecule has 4 aliphatic carbocycles. The fourth-order valence-corrected chi connectivity index (χ4v) is 7.62. The Kier molecular flexibility index (Phi) is 3.71. The van der Waals surface area contributed by atoms with Crippen LogP contribution in [0.1, 0.15) is 85.0 Å². The van der Waals surface area contributed by atoms with Gasteiger partial charge in [-0.3, -0.25) is 0 Å². The summed E-state index contributed by atoms with van der Waals surface area (Å²) < 4.78 is 0. The number of hydrogen-bond acceptors (Lipinski definition) is 2. The summed E-state index contributed by atoms with van der Waals surface area (Å²) in [6, 6.07) is 0. The van der Waals surface area contributed by atoms with Crippen LogP contribution in [-0.4, -0.2) is 21.9 Å². The van der Waals surface area contributed by atoms with Crippen molar-refractivity contribution in [3.05, 3.63) is 0 Å². The normalized spacial score (nSPS) is 59.1. The summed E-state index contributed by atoms with van der Waals surface area (Å²) in [6.07, 6.45) is 11.6. The number of hydrogen-bond donors (Lipinski definition) is 2. The van der Waals surface area contributed by atoms with Gasteiger partial charge in [0, 0.05) is 0 Å². The van der Waals surface area contributed by atoms with E-state index in [0.29, 0.717) is 5.41 Å². The summed E-state index contributed by atoms with van der Waals surface area (Å²) in [4.78, 5) is 0. The largest absolute Gasteiger partial charge is 0.393 e. The number of fused-ring (bicyclic) bond motifs is 5. The second kappa shape index (κ2) is 5.21. The zero-order chi connectivity index (χ0) is 16.5. The van der Waals surface area contributed by atoms with Gasteiger partial charge in [0.25, 0.3) is 0 Å². The van der Waals surface area contributed by atoms with E-state index >= 15 is 0 Å². The molecule has 0 aromatic carbocycles. The van der Waals surface area contributed by atoms with Gasteiger partial charge >= 0.3 is 0 Å². The minimum absolute atomic E-state index is 0.0597. The van der Waals surface area contributed by atoms with Crippen molar-refractivity contribution in [2.75, 3.05) is 0 Å². The third-order valence-electron chi connectivity index (χ3n) is 9.43. The molecule has 0 spiro atoms. The van der Waals surface area contributed by atoms with Crippen LogP contribution in [-0.2, 0) is 0 Å². The van der Waals surface area contributed by atoms with Gasteiger partial charge in [-0.15, -0.1) is 0 Å². The topological polar surface area (TPSA) is 40.5 Å². The fraction of sp³-hybridized carbons (Fsp3) is 1.00. The molecule has 2 N–H and O–H groups in total. The molecule has 8 atom stereocenters. The van der Waals surface area contributed by atoms with E-state index < -0.39 is 0 Å². The van der Waals surface area contributed by atoms with Gasteiger partial charge in [-0.1, -0.05) is 20.8 Å². The molecule has 4 saturated carbocycles. The van der Waals surface area contributed by atoms with Gasteiger partial charge in [-0.05, 0) is 98.7 Å². The highest BCUT2D eigenvalue weighted by atomic mass is 16.3. The van der Waals surface area contributed by atoms with Crippen LogP contribution in [0.4, 0.5) is 0 Å². The first-order valence-corrected chi connectivity index (χ1v) is 10.2. The third-order valence-corrected chi connectivity index (χ3v) is 9.43. The Morgan fingerprint density at radius 3 is 2.35 bits per heavy atom. The molecule has 132 valence electrons. The SMILES string of the molecule is CC[C@@]1(O)CC[C@@]2(C)[C@@H](CC[C@@H]3[C@@H]2CC[C@]2(C)[C@@H](O)CC[C@@H]32)C1. The lowest BCUT2D eigenvalue weighted by molar-refractivity contribution is -0.155. The van der Waals surface area contributed by atoms with Gasteiger partial charge < -0.3 is 10.2 Å². The lowest BCUT2D eigenvalue weighted by atomic mass is 9.44. The Morgan fingerprint density at radius 2 is 1.61 bits per heavy atom. The maximum absolute atomic E-state index is 10.8. The van der Waals surface area contributed by atoms with Gasteiger partial charge in [-0.25, -0.2) is 0 Å². The molecule has 0 aromatic heterocycles. The van der Waals surface area contributed by atoms with E-state index in [1.165, 1.54) is 38.5 Å². The van der Waals surface area contributed by atoms with E-state index in [1.807, 2.05) is 0 Å². The van der Waals surface area contributed by atoms with Gasteiger partial charge in [0.15, 0.2) is 0 Å². The van der Waals surface area contributed by atoms with Crippen LogP contribution in [0.2, 0.25) is 0 Å². The summed E-state index contributed by atoms with van der Waals surface area (Å²) >= 11 is 0. The summed E-state index contributed by atoms with van der Waals surface area (Å²) in [7, 11) is 0. The zero-order valence-electron chi connectivity index (χ0n) is 15.4.